The Hall–Kier alpha value is -2.99. The van der Waals surface area contributed by atoms with Gasteiger partial charge in [0.2, 0.25) is 10.0 Å². The van der Waals surface area contributed by atoms with E-state index in [4.69, 9.17) is 4.74 Å². The zero-order valence-electron chi connectivity index (χ0n) is 19.7. The van der Waals surface area contributed by atoms with Gasteiger partial charge in [0.15, 0.2) is 0 Å². The molecule has 1 N–H and O–H groups in total. The Morgan fingerprint density at radius 1 is 1.29 bits per heavy atom. The summed E-state index contributed by atoms with van der Waals surface area (Å²) in [5.41, 5.74) is 0.230. The van der Waals surface area contributed by atoms with Crippen molar-refractivity contribution in [2.75, 3.05) is 20.6 Å². The lowest BCUT2D eigenvalue weighted by molar-refractivity contribution is -0.149. The molecule has 2 aromatic rings. The molecular formula is C22H29N5O6S. The highest BCUT2D eigenvalue weighted by molar-refractivity contribution is 7.89. The van der Waals surface area contributed by atoms with Crippen molar-refractivity contribution in [1.82, 2.24) is 24.1 Å². The molecule has 12 heteroatoms. The van der Waals surface area contributed by atoms with Gasteiger partial charge in [0.1, 0.15) is 24.5 Å². The topological polar surface area (TPSA) is 131 Å². The monoisotopic (exact) mass is 491 g/mol. The summed E-state index contributed by atoms with van der Waals surface area (Å²) < 4.78 is 33.3. The highest BCUT2D eigenvalue weighted by Gasteiger charge is 2.56. The van der Waals surface area contributed by atoms with Crippen molar-refractivity contribution in [2.45, 2.75) is 56.7 Å². The highest BCUT2D eigenvalue weighted by atomic mass is 32.2. The predicted molar refractivity (Wildman–Crippen MR) is 122 cm³/mol. The molecule has 1 aromatic carbocycles. The largest absolute Gasteiger partial charge is 0.456 e. The molecule has 2 heterocycles. The third-order valence-corrected chi connectivity index (χ3v) is 8.18. The van der Waals surface area contributed by atoms with Crippen LogP contribution in [-0.4, -0.2) is 71.3 Å². The SMILES string of the molecule is CCCn1c(COC(=O)CN2C(=O)NC(C)(C3CC3)C2=O)nc2cc(S(=O)(=O)N(C)C)ccc21. The molecule has 3 amide bonds. The van der Waals surface area contributed by atoms with Crippen LogP contribution in [0.5, 0.6) is 0 Å². The maximum atomic E-state index is 12.7. The third kappa shape index (κ3) is 4.16. The summed E-state index contributed by atoms with van der Waals surface area (Å²) in [5.74, 6) is -0.593. The van der Waals surface area contributed by atoms with Gasteiger partial charge in [0.25, 0.3) is 5.91 Å². The molecule has 2 aliphatic rings. The summed E-state index contributed by atoms with van der Waals surface area (Å²) in [7, 11) is -0.708. The lowest BCUT2D eigenvalue weighted by Crippen LogP contribution is -2.46. The Labute approximate surface area is 198 Å². The molecule has 1 saturated carbocycles. The standard InChI is InChI=1S/C22H29N5O6S/c1-5-10-26-17-9-8-15(34(31,32)25(3)4)11-16(17)23-18(26)13-33-19(28)12-27-20(29)22(2,14-6-7-14)24-21(27)30/h8-9,11,14H,5-7,10,12-13H2,1-4H3,(H,24,30). The molecule has 0 bridgehead atoms. The van der Waals surface area contributed by atoms with Crippen molar-refractivity contribution in [2.24, 2.45) is 5.92 Å². The van der Waals surface area contributed by atoms with Crippen molar-refractivity contribution >= 4 is 39.0 Å². The number of nitrogens with zero attached hydrogens (tertiary/aromatic N) is 4. The maximum Gasteiger partial charge on any atom is 0.326 e. The Bertz CT molecular complexity index is 1270. The third-order valence-electron chi connectivity index (χ3n) is 6.37. The zero-order chi connectivity index (χ0) is 24.8. The van der Waals surface area contributed by atoms with Crippen molar-refractivity contribution < 1.29 is 27.5 Å². The van der Waals surface area contributed by atoms with E-state index in [9.17, 15) is 22.8 Å². The Kier molecular flexibility index (Phi) is 6.15. The number of amides is 3. The lowest BCUT2D eigenvalue weighted by Gasteiger charge is -2.20. The second-order valence-corrected chi connectivity index (χ2v) is 11.2. The number of hydrogen-bond acceptors (Lipinski definition) is 7. The molecule has 34 heavy (non-hydrogen) atoms. The Morgan fingerprint density at radius 2 is 2.00 bits per heavy atom. The number of rotatable bonds is 9. The first-order valence-electron chi connectivity index (χ1n) is 11.2. The lowest BCUT2D eigenvalue weighted by atomic mass is 9.96. The quantitative estimate of drug-likeness (QED) is 0.415. The van der Waals surface area contributed by atoms with Crippen molar-refractivity contribution in [3.63, 3.8) is 0 Å². The average molecular weight is 492 g/mol. The summed E-state index contributed by atoms with van der Waals surface area (Å²) >= 11 is 0. The first kappa shape index (κ1) is 24.1. The number of imidazole rings is 1. The number of carbonyl (C=O) groups is 3. The fraction of sp³-hybridized carbons (Fsp3) is 0.545. The van der Waals surface area contributed by atoms with Crippen LogP contribution in [0.1, 0.15) is 38.9 Å². The molecule has 1 aromatic heterocycles. The number of sulfonamides is 1. The molecular weight excluding hydrogens is 462 g/mol. The number of urea groups is 1. The van der Waals surface area contributed by atoms with E-state index in [0.29, 0.717) is 17.9 Å². The average Bonchev–Trinajstić information content (AvgIpc) is 3.55. The highest BCUT2D eigenvalue weighted by Crippen LogP contribution is 2.42. The second kappa shape index (κ2) is 8.66. The number of aryl methyl sites for hydroxylation is 1. The minimum atomic E-state index is -3.62. The molecule has 1 atom stereocenters. The molecule has 1 aliphatic heterocycles. The van der Waals surface area contributed by atoms with Crippen LogP contribution in [0, 0.1) is 5.92 Å². The number of ether oxygens (including phenoxy) is 1. The molecule has 1 saturated heterocycles. The van der Waals surface area contributed by atoms with Crippen LogP contribution >= 0.6 is 0 Å². The Morgan fingerprint density at radius 3 is 2.62 bits per heavy atom. The fourth-order valence-corrected chi connectivity index (χ4v) is 5.15. The summed E-state index contributed by atoms with van der Waals surface area (Å²) in [6, 6.07) is 4.11. The summed E-state index contributed by atoms with van der Waals surface area (Å²) in [4.78, 5) is 43.0. The second-order valence-electron chi connectivity index (χ2n) is 9.08. The van der Waals surface area contributed by atoms with Gasteiger partial charge in [-0.15, -0.1) is 0 Å². The zero-order valence-corrected chi connectivity index (χ0v) is 20.5. The smallest absolute Gasteiger partial charge is 0.326 e. The van der Waals surface area contributed by atoms with E-state index in [-0.39, 0.29) is 17.4 Å². The van der Waals surface area contributed by atoms with Gasteiger partial charge in [-0.25, -0.2) is 22.5 Å². The molecule has 184 valence electrons. The molecule has 1 unspecified atom stereocenters. The summed E-state index contributed by atoms with van der Waals surface area (Å²) in [6.45, 7) is 3.62. The van der Waals surface area contributed by atoms with Gasteiger partial charge in [-0.1, -0.05) is 6.92 Å². The number of hydrogen-bond donors (Lipinski definition) is 1. The van der Waals surface area contributed by atoms with Gasteiger partial charge in [-0.2, -0.15) is 0 Å². The van der Waals surface area contributed by atoms with Crippen LogP contribution in [-0.2, 0) is 37.5 Å². The number of imide groups is 1. The van der Waals surface area contributed by atoms with Crippen LogP contribution < -0.4 is 5.32 Å². The van der Waals surface area contributed by atoms with E-state index in [1.807, 2.05) is 11.5 Å². The normalized spacial score (nSPS) is 20.9. The Balaban J connectivity index is 1.50. The van der Waals surface area contributed by atoms with Crippen LogP contribution in [0.25, 0.3) is 11.0 Å². The fourth-order valence-electron chi connectivity index (χ4n) is 4.23. The number of nitrogens with one attached hydrogen (secondary N) is 1. The van der Waals surface area contributed by atoms with Crippen molar-refractivity contribution in [3.8, 4) is 0 Å². The minimum absolute atomic E-state index is 0.0973. The van der Waals surface area contributed by atoms with Gasteiger partial charge >= 0.3 is 12.0 Å². The van der Waals surface area contributed by atoms with Gasteiger partial charge in [0, 0.05) is 20.6 Å². The molecule has 4 rings (SSSR count). The molecule has 11 nitrogen and oxygen atoms in total. The van der Waals surface area contributed by atoms with Gasteiger partial charge < -0.3 is 14.6 Å². The first-order chi connectivity index (χ1) is 16.0. The minimum Gasteiger partial charge on any atom is -0.456 e. The summed E-state index contributed by atoms with van der Waals surface area (Å²) in [6.07, 6.45) is 2.52. The van der Waals surface area contributed by atoms with Gasteiger partial charge in [-0.05, 0) is 50.3 Å². The van der Waals surface area contributed by atoms with E-state index in [0.717, 1.165) is 34.0 Å². The number of aromatic nitrogens is 2. The first-order valence-corrected chi connectivity index (χ1v) is 12.6. The van der Waals surface area contributed by atoms with Gasteiger partial charge in [0.05, 0.1) is 15.9 Å². The summed E-state index contributed by atoms with van der Waals surface area (Å²) in [5, 5.41) is 2.70. The predicted octanol–water partition coefficient (Wildman–Crippen LogP) is 1.46. The molecule has 2 fully saturated rings. The number of esters is 1. The maximum absolute atomic E-state index is 12.7. The van der Waals surface area contributed by atoms with Crippen LogP contribution in [0.3, 0.4) is 0 Å². The van der Waals surface area contributed by atoms with Crippen LogP contribution in [0.15, 0.2) is 23.1 Å². The van der Waals surface area contributed by atoms with E-state index >= 15 is 0 Å². The molecule has 0 spiro atoms. The van der Waals surface area contributed by atoms with Crippen LogP contribution in [0.4, 0.5) is 4.79 Å². The van der Waals surface area contributed by atoms with E-state index in [1.165, 1.54) is 26.2 Å². The van der Waals surface area contributed by atoms with Crippen molar-refractivity contribution in [3.05, 3.63) is 24.0 Å². The van der Waals surface area contributed by atoms with Gasteiger partial charge in [-0.3, -0.25) is 14.5 Å². The molecule has 0 radical (unpaired) electrons. The van der Waals surface area contributed by atoms with E-state index in [2.05, 4.69) is 10.3 Å². The van der Waals surface area contributed by atoms with E-state index < -0.39 is 40.0 Å². The van der Waals surface area contributed by atoms with E-state index in [1.54, 1.807) is 13.0 Å². The van der Waals surface area contributed by atoms with Crippen LogP contribution in [0.2, 0.25) is 0 Å². The molecule has 1 aliphatic carbocycles. The number of carbonyl (C=O) groups excluding carboxylic acids is 3. The van der Waals surface area contributed by atoms with Crippen molar-refractivity contribution in [1.29, 1.82) is 0 Å². The number of benzene rings is 1. The number of fused-ring (bicyclic) bond motifs is 1.